The van der Waals surface area contributed by atoms with Crippen LogP contribution >= 0.6 is 48.0 Å². The van der Waals surface area contributed by atoms with E-state index in [9.17, 15) is 4.79 Å². The molecule has 0 saturated carbocycles. The number of hydrogen-bond acceptors (Lipinski definition) is 1. The van der Waals surface area contributed by atoms with Gasteiger partial charge in [-0.25, -0.2) is 4.79 Å². The van der Waals surface area contributed by atoms with E-state index in [1.54, 1.807) is 0 Å². The third kappa shape index (κ3) is 9.80. The van der Waals surface area contributed by atoms with Crippen LogP contribution in [0, 0.1) is 0 Å². The second kappa shape index (κ2) is 7.63. The molecule has 0 unspecified atom stereocenters. The first-order chi connectivity index (χ1) is 2.64. The lowest BCUT2D eigenvalue weighted by atomic mass is 10.8. The molecule has 0 aliphatic heterocycles. The molecule has 1 N–H and O–H groups in total. The van der Waals surface area contributed by atoms with Gasteiger partial charge in [0.2, 0.25) is 4.84 Å². The van der Waals surface area contributed by atoms with Crippen molar-refractivity contribution in [3.8, 4) is 0 Å². The van der Waals surface area contributed by atoms with Gasteiger partial charge >= 0.3 is 5.97 Å². The number of carboxylic acids is 1. The van der Waals surface area contributed by atoms with Crippen LogP contribution in [0.1, 0.15) is 0 Å². The molecular formula is C2H4Cl4O2. The molecule has 8 heavy (non-hydrogen) atoms. The summed E-state index contributed by atoms with van der Waals surface area (Å²) in [4.78, 5) is 8.15. The second-order valence-corrected chi connectivity index (χ2v) is 1.74. The SMILES string of the molecule is Cl.Cl.O=C(O)C(Cl)Cl. The summed E-state index contributed by atoms with van der Waals surface area (Å²) in [5.74, 6) is -1.21. The number of carboxylic acid groups (broad SMARTS) is 1. The van der Waals surface area contributed by atoms with Gasteiger partial charge in [-0.1, -0.05) is 23.2 Å². The molecular weight excluding hydrogens is 198 g/mol. The zero-order chi connectivity index (χ0) is 5.15. The van der Waals surface area contributed by atoms with Crippen molar-refractivity contribution in [1.82, 2.24) is 0 Å². The lowest BCUT2D eigenvalue weighted by Gasteiger charge is -1.84. The van der Waals surface area contributed by atoms with Crippen LogP contribution in [0.2, 0.25) is 0 Å². The summed E-state index contributed by atoms with van der Waals surface area (Å²) >= 11 is 9.56. The summed E-state index contributed by atoms with van der Waals surface area (Å²) in [5, 5.41) is 7.73. The highest BCUT2D eigenvalue weighted by Crippen LogP contribution is 1.98. The molecule has 0 atom stereocenters. The van der Waals surface area contributed by atoms with Crippen molar-refractivity contribution >= 4 is 54.0 Å². The highest BCUT2D eigenvalue weighted by atomic mass is 35.5. The molecule has 0 rings (SSSR count). The first-order valence-electron chi connectivity index (χ1n) is 1.15. The molecule has 2 nitrogen and oxygen atoms in total. The third-order valence-electron chi connectivity index (χ3n) is 0.187. The van der Waals surface area contributed by atoms with E-state index in [1.165, 1.54) is 0 Å². The Labute approximate surface area is 69.0 Å². The van der Waals surface area contributed by atoms with Gasteiger partial charge in [0.05, 0.1) is 0 Å². The maximum absolute atomic E-state index is 9.44. The van der Waals surface area contributed by atoms with Crippen molar-refractivity contribution in [2.45, 2.75) is 4.84 Å². The normalized spacial score (nSPS) is 6.88. The molecule has 0 spiro atoms. The van der Waals surface area contributed by atoms with E-state index in [0.717, 1.165) is 0 Å². The number of carbonyl (C=O) groups is 1. The highest BCUT2D eigenvalue weighted by molar-refractivity contribution is 6.52. The van der Waals surface area contributed by atoms with Crippen molar-refractivity contribution in [3.63, 3.8) is 0 Å². The van der Waals surface area contributed by atoms with Crippen LogP contribution in [0.4, 0.5) is 0 Å². The maximum atomic E-state index is 9.44. The van der Waals surface area contributed by atoms with Gasteiger partial charge in [0.1, 0.15) is 0 Å². The molecule has 6 heteroatoms. The molecule has 0 aromatic heterocycles. The summed E-state index contributed by atoms with van der Waals surface area (Å²) in [6, 6.07) is 0. The predicted molar refractivity (Wildman–Crippen MR) is 37.6 cm³/mol. The molecule has 0 aliphatic rings. The lowest BCUT2D eigenvalue weighted by molar-refractivity contribution is -0.135. The first kappa shape index (κ1) is 15.9. The molecule has 0 amide bonds. The smallest absolute Gasteiger partial charge is 0.337 e. The molecule has 0 fully saturated rings. The van der Waals surface area contributed by atoms with Crippen LogP contribution in [0.15, 0.2) is 0 Å². The number of rotatable bonds is 1. The zero-order valence-electron chi connectivity index (χ0n) is 3.51. The van der Waals surface area contributed by atoms with Gasteiger partial charge < -0.3 is 5.11 Å². The fourth-order valence-corrected chi connectivity index (χ4v) is 0. The van der Waals surface area contributed by atoms with Gasteiger partial charge in [-0.15, -0.1) is 24.8 Å². The quantitative estimate of drug-likeness (QED) is 0.657. The van der Waals surface area contributed by atoms with E-state index in [-0.39, 0.29) is 24.8 Å². The Kier molecular flexibility index (Phi) is 15.1. The van der Waals surface area contributed by atoms with E-state index in [0.29, 0.717) is 0 Å². The summed E-state index contributed by atoms with van der Waals surface area (Å²) < 4.78 is 0. The summed E-state index contributed by atoms with van der Waals surface area (Å²) in [6.45, 7) is 0. The van der Waals surface area contributed by atoms with Crippen molar-refractivity contribution in [2.24, 2.45) is 0 Å². The molecule has 0 radical (unpaired) electrons. The minimum absolute atomic E-state index is 0. The molecule has 0 aliphatic carbocycles. The van der Waals surface area contributed by atoms with Crippen molar-refractivity contribution < 1.29 is 9.90 Å². The minimum Gasteiger partial charge on any atom is -0.479 e. The zero-order valence-corrected chi connectivity index (χ0v) is 6.65. The predicted octanol–water partition coefficient (Wildman–Crippen LogP) is 1.72. The fourth-order valence-electron chi connectivity index (χ4n) is 0. The van der Waals surface area contributed by atoms with Crippen LogP contribution in [0.3, 0.4) is 0 Å². The van der Waals surface area contributed by atoms with Gasteiger partial charge in [-0.3, -0.25) is 0 Å². The van der Waals surface area contributed by atoms with Crippen LogP contribution < -0.4 is 0 Å². The van der Waals surface area contributed by atoms with Gasteiger partial charge in [0, 0.05) is 0 Å². The summed E-state index contributed by atoms with van der Waals surface area (Å²) in [6.07, 6.45) is 0. The average molecular weight is 202 g/mol. The topological polar surface area (TPSA) is 37.3 Å². The van der Waals surface area contributed by atoms with E-state index in [4.69, 9.17) is 28.3 Å². The minimum atomic E-state index is -1.29. The third-order valence-corrected chi connectivity index (χ3v) is 0.560. The Morgan fingerprint density at radius 3 is 1.50 bits per heavy atom. The van der Waals surface area contributed by atoms with Crippen molar-refractivity contribution in [1.29, 1.82) is 0 Å². The summed E-state index contributed by atoms with van der Waals surface area (Å²) in [5.41, 5.74) is 0. The molecule has 0 heterocycles. The lowest BCUT2D eigenvalue weighted by Crippen LogP contribution is -2.03. The monoisotopic (exact) mass is 200 g/mol. The van der Waals surface area contributed by atoms with E-state index in [2.05, 4.69) is 0 Å². The average Bonchev–Trinajstić information content (AvgIpc) is 1.36. The van der Waals surface area contributed by atoms with Gasteiger partial charge in [0.25, 0.3) is 0 Å². The van der Waals surface area contributed by atoms with Gasteiger partial charge in [0.15, 0.2) is 0 Å². The molecule has 0 aromatic carbocycles. The van der Waals surface area contributed by atoms with E-state index >= 15 is 0 Å². The number of aliphatic carboxylic acids is 1. The molecule has 0 saturated heterocycles. The van der Waals surface area contributed by atoms with Crippen LogP contribution in [0.5, 0.6) is 0 Å². The van der Waals surface area contributed by atoms with Crippen LogP contribution in [-0.4, -0.2) is 15.9 Å². The fraction of sp³-hybridized carbons (Fsp3) is 0.500. The Morgan fingerprint density at radius 1 is 1.38 bits per heavy atom. The summed E-state index contributed by atoms with van der Waals surface area (Å²) in [7, 11) is 0. The standard InChI is InChI=1S/C2H2Cl2O2.2ClH/c3-1(4)2(5)6;;/h1H,(H,5,6);2*1H. The van der Waals surface area contributed by atoms with Gasteiger partial charge in [-0.05, 0) is 0 Å². The van der Waals surface area contributed by atoms with E-state index < -0.39 is 10.8 Å². The van der Waals surface area contributed by atoms with Crippen LogP contribution in [0.25, 0.3) is 0 Å². The Bertz CT molecular complexity index is 63.1. The Hall–Kier alpha value is 0.630. The highest BCUT2D eigenvalue weighted by Gasteiger charge is 2.05. The molecule has 52 valence electrons. The van der Waals surface area contributed by atoms with Crippen LogP contribution in [-0.2, 0) is 4.79 Å². The first-order valence-corrected chi connectivity index (χ1v) is 2.03. The van der Waals surface area contributed by atoms with Gasteiger partial charge in [-0.2, -0.15) is 0 Å². The molecule has 0 aromatic rings. The number of halogens is 4. The van der Waals surface area contributed by atoms with E-state index in [1.807, 2.05) is 0 Å². The van der Waals surface area contributed by atoms with Crippen molar-refractivity contribution in [3.05, 3.63) is 0 Å². The second-order valence-electron chi connectivity index (χ2n) is 0.639. The Balaban J connectivity index is -0.000000125. The Morgan fingerprint density at radius 2 is 1.50 bits per heavy atom. The largest absolute Gasteiger partial charge is 0.479 e. The number of hydrogen-bond donors (Lipinski definition) is 1. The number of alkyl halides is 2. The molecule has 0 bridgehead atoms. The van der Waals surface area contributed by atoms with Crippen molar-refractivity contribution in [2.75, 3.05) is 0 Å². The maximum Gasteiger partial charge on any atom is 0.337 e.